The molecule has 1 aliphatic heterocycles. The van der Waals surface area contributed by atoms with E-state index < -0.39 is 0 Å². The van der Waals surface area contributed by atoms with Gasteiger partial charge in [0.05, 0.1) is 12.5 Å². The van der Waals surface area contributed by atoms with Crippen LogP contribution < -0.4 is 4.90 Å². The third kappa shape index (κ3) is 2.79. The Balaban J connectivity index is 2.14. The lowest BCUT2D eigenvalue weighted by atomic mass is 9.93. The molecule has 0 bridgehead atoms. The van der Waals surface area contributed by atoms with Gasteiger partial charge in [0.25, 0.3) is 0 Å². The van der Waals surface area contributed by atoms with E-state index in [0.717, 1.165) is 5.57 Å². The van der Waals surface area contributed by atoms with Crippen LogP contribution in [0.5, 0.6) is 0 Å². The topological polar surface area (TPSA) is 40.5 Å². The fourth-order valence-corrected chi connectivity index (χ4v) is 2.04. The van der Waals surface area contributed by atoms with Crippen molar-refractivity contribution < 1.29 is 14.3 Å². The van der Waals surface area contributed by atoms with E-state index in [2.05, 4.69) is 6.58 Å². The third-order valence-electron chi connectivity index (χ3n) is 3.25. The average molecular weight is 273 g/mol. The van der Waals surface area contributed by atoms with Crippen molar-refractivity contribution in [1.82, 2.24) is 0 Å². The molecule has 20 heavy (non-hydrogen) atoms. The van der Waals surface area contributed by atoms with Crippen LogP contribution in [0.15, 0.2) is 60.4 Å². The van der Waals surface area contributed by atoms with Crippen LogP contribution in [0.25, 0.3) is 0 Å². The van der Waals surface area contributed by atoms with Crippen LogP contribution in [0.3, 0.4) is 0 Å². The summed E-state index contributed by atoms with van der Waals surface area (Å²) in [5, 5.41) is 9.36. The maximum Gasteiger partial charge on any atom is 0.230 e. The first-order valence-corrected chi connectivity index (χ1v) is 6.32. The highest BCUT2D eigenvalue weighted by atomic mass is 19.1. The van der Waals surface area contributed by atoms with E-state index in [9.17, 15) is 14.3 Å². The van der Waals surface area contributed by atoms with Crippen molar-refractivity contribution in [2.45, 2.75) is 19.4 Å². The largest absolute Gasteiger partial charge is 0.508 e. The molecule has 3 nitrogen and oxygen atoms in total. The first kappa shape index (κ1) is 14.1. The molecule has 1 aromatic carbocycles. The van der Waals surface area contributed by atoms with Gasteiger partial charge in [-0.05, 0) is 48.9 Å². The number of benzene rings is 1. The second-order valence-electron chi connectivity index (χ2n) is 4.58. The minimum atomic E-state index is -0.338. The lowest BCUT2D eigenvalue weighted by Crippen LogP contribution is -2.53. The van der Waals surface area contributed by atoms with Crippen LogP contribution in [-0.4, -0.2) is 17.1 Å². The fourth-order valence-electron chi connectivity index (χ4n) is 2.04. The number of aliphatic hydroxyl groups excluding tert-OH is 1. The Morgan fingerprint density at radius 1 is 1.40 bits per heavy atom. The van der Waals surface area contributed by atoms with Gasteiger partial charge in [0.1, 0.15) is 11.6 Å². The van der Waals surface area contributed by atoms with Gasteiger partial charge in [-0.2, -0.15) is 0 Å². The van der Waals surface area contributed by atoms with Crippen LogP contribution in [0.1, 0.15) is 13.3 Å². The number of β-lactam (4-membered cyclic amide) rings is 1. The quantitative estimate of drug-likeness (QED) is 0.518. The van der Waals surface area contributed by atoms with E-state index in [1.807, 2.05) is 0 Å². The normalized spacial score (nSPS) is 19.3. The number of aliphatic hydroxyl groups is 1. The van der Waals surface area contributed by atoms with Gasteiger partial charge in [-0.3, -0.25) is 4.79 Å². The van der Waals surface area contributed by atoms with E-state index in [-0.39, 0.29) is 23.5 Å². The molecule has 1 saturated heterocycles. The van der Waals surface area contributed by atoms with Crippen molar-refractivity contribution in [3.63, 3.8) is 0 Å². The predicted octanol–water partition coefficient (Wildman–Crippen LogP) is 3.51. The number of nitrogens with zero attached hydrogens (tertiary/aromatic N) is 1. The van der Waals surface area contributed by atoms with Crippen LogP contribution >= 0.6 is 0 Å². The molecule has 0 spiro atoms. The van der Waals surface area contributed by atoms with Crippen molar-refractivity contribution in [3.05, 3.63) is 66.2 Å². The van der Waals surface area contributed by atoms with Crippen LogP contribution in [0, 0.1) is 5.82 Å². The molecule has 4 heteroatoms. The average Bonchev–Trinajstić information content (AvgIpc) is 2.44. The summed E-state index contributed by atoms with van der Waals surface area (Å²) < 4.78 is 12.9. The van der Waals surface area contributed by atoms with E-state index in [4.69, 9.17) is 0 Å². The molecule has 2 rings (SSSR count). The van der Waals surface area contributed by atoms with Crippen molar-refractivity contribution in [3.8, 4) is 0 Å². The molecule has 0 unspecified atom stereocenters. The van der Waals surface area contributed by atoms with Crippen molar-refractivity contribution >= 4 is 11.6 Å². The molecular weight excluding hydrogens is 257 g/mol. The summed E-state index contributed by atoms with van der Waals surface area (Å²) in [7, 11) is 0. The molecule has 1 amide bonds. The standard InChI is InChI=1S/C16H16FNO2/c1-3-14(19)9-4-11(2)15-10-16(20)18(15)13-7-5-12(17)6-8-13/h3-9,15,19H,2,10H2,1H3/b9-4-,14-3+/t15-/m0/s1. The fraction of sp³-hybridized carbons (Fsp3) is 0.188. The molecule has 0 aliphatic carbocycles. The Morgan fingerprint density at radius 2 is 2.05 bits per heavy atom. The van der Waals surface area contributed by atoms with E-state index >= 15 is 0 Å². The van der Waals surface area contributed by atoms with Gasteiger partial charge in [0.15, 0.2) is 0 Å². The number of rotatable bonds is 4. The number of halogens is 1. The number of carbonyl (C=O) groups excluding carboxylic acids is 1. The van der Waals surface area contributed by atoms with Crippen molar-refractivity contribution in [1.29, 1.82) is 0 Å². The molecule has 1 aromatic rings. The molecule has 1 fully saturated rings. The number of hydrogen-bond donors (Lipinski definition) is 1. The third-order valence-corrected chi connectivity index (χ3v) is 3.25. The molecule has 1 atom stereocenters. The van der Waals surface area contributed by atoms with Gasteiger partial charge in [0, 0.05) is 5.69 Å². The first-order chi connectivity index (χ1) is 9.52. The predicted molar refractivity (Wildman–Crippen MR) is 77.0 cm³/mol. The number of hydrogen-bond acceptors (Lipinski definition) is 2. The summed E-state index contributed by atoms with van der Waals surface area (Å²) in [5.74, 6) is -0.216. The summed E-state index contributed by atoms with van der Waals surface area (Å²) in [6.45, 7) is 5.64. The molecule has 1 aliphatic rings. The Morgan fingerprint density at radius 3 is 2.60 bits per heavy atom. The van der Waals surface area contributed by atoms with Gasteiger partial charge >= 0.3 is 0 Å². The number of carbonyl (C=O) groups is 1. The second-order valence-corrected chi connectivity index (χ2v) is 4.58. The molecule has 0 radical (unpaired) electrons. The first-order valence-electron chi connectivity index (χ1n) is 6.32. The van der Waals surface area contributed by atoms with Crippen LogP contribution in [0.4, 0.5) is 10.1 Å². The summed E-state index contributed by atoms with van der Waals surface area (Å²) in [6.07, 6.45) is 5.15. The number of anilines is 1. The minimum absolute atomic E-state index is 0.0218. The van der Waals surface area contributed by atoms with Gasteiger partial charge in [-0.25, -0.2) is 4.39 Å². The van der Waals surface area contributed by atoms with E-state index in [0.29, 0.717) is 12.1 Å². The zero-order valence-electron chi connectivity index (χ0n) is 11.2. The van der Waals surface area contributed by atoms with Gasteiger partial charge in [-0.1, -0.05) is 12.7 Å². The van der Waals surface area contributed by atoms with Gasteiger partial charge in [0.2, 0.25) is 5.91 Å². The summed E-state index contributed by atoms with van der Waals surface area (Å²) >= 11 is 0. The summed E-state index contributed by atoms with van der Waals surface area (Å²) in [4.78, 5) is 13.3. The van der Waals surface area contributed by atoms with E-state index in [1.165, 1.54) is 18.2 Å². The zero-order chi connectivity index (χ0) is 14.7. The molecular formula is C16H16FNO2. The van der Waals surface area contributed by atoms with E-state index in [1.54, 1.807) is 36.1 Å². The molecule has 1 N–H and O–H groups in total. The highest BCUT2D eigenvalue weighted by Crippen LogP contribution is 2.32. The monoisotopic (exact) mass is 273 g/mol. The molecule has 1 heterocycles. The smallest absolute Gasteiger partial charge is 0.230 e. The lowest BCUT2D eigenvalue weighted by Gasteiger charge is -2.41. The maximum atomic E-state index is 12.9. The zero-order valence-corrected chi connectivity index (χ0v) is 11.2. The lowest BCUT2D eigenvalue weighted by molar-refractivity contribution is -0.123. The highest BCUT2D eigenvalue weighted by Gasteiger charge is 2.38. The molecule has 0 aromatic heterocycles. The van der Waals surface area contributed by atoms with Gasteiger partial charge < -0.3 is 10.0 Å². The Hall–Kier alpha value is -2.36. The van der Waals surface area contributed by atoms with Crippen molar-refractivity contribution in [2.75, 3.05) is 4.90 Å². The molecule has 0 saturated carbocycles. The Bertz CT molecular complexity index is 587. The van der Waals surface area contributed by atoms with Crippen LogP contribution in [0.2, 0.25) is 0 Å². The minimum Gasteiger partial charge on any atom is -0.508 e. The summed E-state index contributed by atoms with van der Waals surface area (Å²) in [5.41, 5.74) is 1.37. The van der Waals surface area contributed by atoms with Crippen molar-refractivity contribution in [2.24, 2.45) is 0 Å². The number of allylic oxidation sites excluding steroid dienone is 2. The highest BCUT2D eigenvalue weighted by molar-refractivity contribution is 6.02. The number of amides is 1. The van der Waals surface area contributed by atoms with Crippen LogP contribution in [-0.2, 0) is 4.79 Å². The Labute approximate surface area is 117 Å². The van der Waals surface area contributed by atoms with Gasteiger partial charge in [-0.15, -0.1) is 0 Å². The Kier molecular flexibility index (Phi) is 4.03. The molecule has 104 valence electrons. The SMILES string of the molecule is C=C(/C=C\C(O)=C/C)[C@@H]1CC(=O)N1c1ccc(F)cc1. The summed E-state index contributed by atoms with van der Waals surface area (Å²) in [6, 6.07) is 5.64. The maximum absolute atomic E-state index is 12.9. The second kappa shape index (κ2) is 5.74.